The van der Waals surface area contributed by atoms with Gasteiger partial charge in [-0.1, -0.05) is 12.1 Å². The molecule has 0 saturated carbocycles. The Labute approximate surface area is 227 Å². The van der Waals surface area contributed by atoms with Crippen LogP contribution in [0.25, 0.3) is 0 Å². The Hall–Kier alpha value is -4.25. The van der Waals surface area contributed by atoms with E-state index in [9.17, 15) is 28.0 Å². The van der Waals surface area contributed by atoms with Crippen molar-refractivity contribution in [1.29, 1.82) is 0 Å². The van der Waals surface area contributed by atoms with Crippen LogP contribution in [0.3, 0.4) is 0 Å². The average Bonchev–Trinajstić information content (AvgIpc) is 2.92. The van der Waals surface area contributed by atoms with Crippen LogP contribution in [-0.4, -0.2) is 52.3 Å². The lowest BCUT2D eigenvalue weighted by molar-refractivity contribution is -0.141. The third kappa shape index (κ3) is 6.61. The van der Waals surface area contributed by atoms with E-state index in [0.29, 0.717) is 17.0 Å². The monoisotopic (exact) mass is 554 g/mol. The molecule has 0 aliphatic carbocycles. The van der Waals surface area contributed by atoms with Crippen LogP contribution in [0.2, 0.25) is 0 Å². The quantitative estimate of drug-likeness (QED) is 0.272. The van der Waals surface area contributed by atoms with Crippen LogP contribution < -0.4 is 15.0 Å². The molecule has 3 atom stereocenters. The molecule has 0 spiro atoms. The number of aliphatic carboxylic acids is 1. The maximum atomic E-state index is 13.5. The lowest BCUT2D eigenvalue weighted by Crippen LogP contribution is -2.57. The third-order valence-electron chi connectivity index (χ3n) is 6.05. The van der Waals surface area contributed by atoms with Gasteiger partial charge in [0.05, 0.1) is 11.8 Å². The maximum Gasteiger partial charge on any atom is 0.325 e. The van der Waals surface area contributed by atoms with Crippen molar-refractivity contribution < 1.29 is 37.8 Å². The molecule has 1 fully saturated rings. The number of nitrogens with zero attached hydrogens (tertiary/aromatic N) is 1. The summed E-state index contributed by atoms with van der Waals surface area (Å²) in [6, 6.07) is 15.8. The first-order chi connectivity index (χ1) is 18.6. The Morgan fingerprint density at radius 1 is 0.974 bits per heavy atom. The van der Waals surface area contributed by atoms with Crippen molar-refractivity contribution in [3.8, 4) is 5.75 Å². The highest BCUT2D eigenvalue weighted by Gasteiger charge is 2.49. The zero-order valence-electron chi connectivity index (χ0n) is 20.7. The predicted molar refractivity (Wildman–Crippen MR) is 141 cm³/mol. The lowest BCUT2D eigenvalue weighted by Gasteiger charge is -2.47. The van der Waals surface area contributed by atoms with Crippen molar-refractivity contribution >= 4 is 41.0 Å². The van der Waals surface area contributed by atoms with Crippen LogP contribution in [0, 0.1) is 11.6 Å². The summed E-state index contributed by atoms with van der Waals surface area (Å²) in [5, 5.41) is 10.6. The summed E-state index contributed by atoms with van der Waals surface area (Å²) in [7, 11) is 0. The number of Topliss-reactive ketones (excluding diaryl/α,β-unsaturated/α-hetero) is 1. The topological polar surface area (TPSA) is 113 Å². The van der Waals surface area contributed by atoms with E-state index in [1.165, 1.54) is 72.1 Å². The molecule has 39 heavy (non-hydrogen) atoms. The van der Waals surface area contributed by atoms with Crippen molar-refractivity contribution in [3.63, 3.8) is 0 Å². The SMILES string of the molecule is C[C@@H](NC(=O)COc1ccc(C2C(SCC(=O)c3ccc(F)cc3)C(=O)N2c2ccc(F)cc2)cc1)C(=O)O. The maximum absolute atomic E-state index is 13.5. The largest absolute Gasteiger partial charge is 0.484 e. The van der Waals surface area contributed by atoms with Gasteiger partial charge in [0.15, 0.2) is 12.4 Å². The van der Waals surface area contributed by atoms with E-state index in [-0.39, 0.29) is 24.1 Å². The zero-order valence-corrected chi connectivity index (χ0v) is 21.5. The van der Waals surface area contributed by atoms with Gasteiger partial charge in [0.25, 0.3) is 5.91 Å². The number of hydrogen-bond donors (Lipinski definition) is 2. The number of hydrogen-bond acceptors (Lipinski definition) is 6. The van der Waals surface area contributed by atoms with Crippen molar-refractivity contribution in [2.45, 2.75) is 24.3 Å². The van der Waals surface area contributed by atoms with Crippen molar-refractivity contribution in [1.82, 2.24) is 5.32 Å². The molecule has 2 N–H and O–H groups in total. The Kier molecular flexibility index (Phi) is 8.60. The summed E-state index contributed by atoms with van der Waals surface area (Å²) in [6.07, 6.45) is 0. The fourth-order valence-corrected chi connectivity index (χ4v) is 5.19. The summed E-state index contributed by atoms with van der Waals surface area (Å²) >= 11 is 1.17. The van der Waals surface area contributed by atoms with Gasteiger partial charge in [-0.15, -0.1) is 11.8 Å². The second-order valence-corrected chi connectivity index (χ2v) is 9.91. The standard InChI is InChI=1S/C28H24F2N2O6S/c1-16(28(36)37)31-24(34)14-38-22-12-4-18(5-13-22)25-26(27(35)32(25)21-10-8-20(30)9-11-21)39-15-23(33)17-2-6-19(29)7-3-17/h2-13,16,25-26H,14-15H2,1H3,(H,31,34)(H,36,37)/t16-,25?,26?/m1/s1. The average molecular weight is 555 g/mol. The first-order valence-electron chi connectivity index (χ1n) is 11.9. The highest BCUT2D eigenvalue weighted by molar-refractivity contribution is 8.01. The number of carbonyl (C=O) groups is 4. The highest BCUT2D eigenvalue weighted by Crippen LogP contribution is 2.45. The molecule has 1 saturated heterocycles. The molecule has 202 valence electrons. The number of carbonyl (C=O) groups excluding carboxylic acids is 3. The Bertz CT molecular complexity index is 1370. The van der Waals surface area contributed by atoms with Crippen LogP contribution >= 0.6 is 11.8 Å². The van der Waals surface area contributed by atoms with Gasteiger partial charge in [0.1, 0.15) is 28.7 Å². The van der Waals surface area contributed by atoms with Gasteiger partial charge in [-0.3, -0.25) is 19.2 Å². The number of rotatable bonds is 11. The molecule has 0 aromatic heterocycles. The first kappa shape index (κ1) is 27.8. The summed E-state index contributed by atoms with van der Waals surface area (Å²) in [4.78, 5) is 50.1. The Morgan fingerprint density at radius 3 is 2.15 bits per heavy atom. The fourth-order valence-electron chi connectivity index (χ4n) is 3.98. The number of ether oxygens (including phenoxy) is 1. The fraction of sp³-hybridized carbons (Fsp3) is 0.214. The molecule has 0 bridgehead atoms. The molecule has 0 radical (unpaired) electrons. The van der Waals surface area contributed by atoms with Gasteiger partial charge < -0.3 is 20.1 Å². The van der Waals surface area contributed by atoms with Gasteiger partial charge in [0, 0.05) is 11.3 Å². The van der Waals surface area contributed by atoms with E-state index < -0.39 is 40.8 Å². The number of amides is 2. The number of thioether (sulfide) groups is 1. The molecule has 11 heteroatoms. The number of β-lactam (4-membered cyclic amide) rings is 1. The molecule has 4 rings (SSSR count). The predicted octanol–water partition coefficient (Wildman–Crippen LogP) is 4.01. The van der Waals surface area contributed by atoms with Gasteiger partial charge >= 0.3 is 5.97 Å². The zero-order chi connectivity index (χ0) is 28.1. The van der Waals surface area contributed by atoms with Crippen LogP contribution in [-0.2, 0) is 14.4 Å². The number of nitrogens with one attached hydrogen (secondary N) is 1. The van der Waals surface area contributed by atoms with Gasteiger partial charge in [-0.25, -0.2) is 8.78 Å². The number of benzene rings is 3. The highest BCUT2D eigenvalue weighted by atomic mass is 32.2. The molecule has 1 aliphatic heterocycles. The smallest absolute Gasteiger partial charge is 0.325 e. The molecule has 3 aromatic rings. The molecular weight excluding hydrogens is 530 g/mol. The number of ketones is 1. The van der Waals surface area contributed by atoms with E-state index in [2.05, 4.69) is 5.32 Å². The number of carboxylic acid groups (broad SMARTS) is 1. The molecule has 1 heterocycles. The second-order valence-electron chi connectivity index (χ2n) is 8.78. The van der Waals surface area contributed by atoms with E-state index in [1.54, 1.807) is 24.3 Å². The molecule has 2 unspecified atom stereocenters. The van der Waals surface area contributed by atoms with Crippen LogP contribution in [0.15, 0.2) is 72.8 Å². The summed E-state index contributed by atoms with van der Waals surface area (Å²) in [5.41, 5.74) is 1.56. The Morgan fingerprint density at radius 2 is 1.56 bits per heavy atom. The molecular formula is C28H24F2N2O6S. The summed E-state index contributed by atoms with van der Waals surface area (Å²) < 4.78 is 32.1. The Balaban J connectivity index is 1.47. The molecule has 2 amide bonds. The van der Waals surface area contributed by atoms with E-state index in [4.69, 9.17) is 9.84 Å². The minimum atomic E-state index is -1.17. The van der Waals surface area contributed by atoms with E-state index >= 15 is 0 Å². The van der Waals surface area contributed by atoms with Gasteiger partial charge in [0.2, 0.25) is 5.91 Å². The van der Waals surface area contributed by atoms with Crippen LogP contribution in [0.4, 0.5) is 14.5 Å². The molecule has 1 aliphatic rings. The number of carboxylic acids is 1. The van der Waals surface area contributed by atoms with Crippen LogP contribution in [0.1, 0.15) is 28.9 Å². The van der Waals surface area contributed by atoms with Crippen molar-refractivity contribution in [2.75, 3.05) is 17.3 Å². The number of anilines is 1. The van der Waals surface area contributed by atoms with Crippen molar-refractivity contribution in [2.24, 2.45) is 0 Å². The van der Waals surface area contributed by atoms with E-state index in [1.807, 2.05) is 0 Å². The number of halogens is 2. The van der Waals surface area contributed by atoms with Gasteiger partial charge in [-0.05, 0) is 73.2 Å². The normalized spacial score (nSPS) is 17.2. The lowest BCUT2D eigenvalue weighted by atomic mass is 9.92. The molecule has 8 nitrogen and oxygen atoms in total. The van der Waals surface area contributed by atoms with Gasteiger partial charge in [-0.2, -0.15) is 0 Å². The minimum Gasteiger partial charge on any atom is -0.484 e. The first-order valence-corrected chi connectivity index (χ1v) is 12.9. The summed E-state index contributed by atoms with van der Waals surface area (Å²) in [6.45, 7) is 0.952. The molecule has 3 aromatic carbocycles. The second kappa shape index (κ2) is 12.1. The van der Waals surface area contributed by atoms with Crippen LogP contribution in [0.5, 0.6) is 5.75 Å². The third-order valence-corrected chi connectivity index (χ3v) is 7.30. The van der Waals surface area contributed by atoms with E-state index in [0.717, 1.165) is 5.56 Å². The summed E-state index contributed by atoms with van der Waals surface area (Å²) in [5.74, 6) is -2.79. The minimum absolute atomic E-state index is 0.000862. The van der Waals surface area contributed by atoms with Crippen molar-refractivity contribution in [3.05, 3.63) is 95.6 Å².